The predicted octanol–water partition coefficient (Wildman–Crippen LogP) is 4.58. The lowest BCUT2D eigenvalue weighted by atomic mass is 10.1. The Morgan fingerprint density at radius 2 is 1.80 bits per heavy atom. The number of hydrazone groups is 1. The van der Waals surface area contributed by atoms with Gasteiger partial charge in [-0.1, -0.05) is 42.5 Å². The second-order valence-corrected chi connectivity index (χ2v) is 5.41. The Balaban J connectivity index is 1.60. The second-order valence-electron chi connectivity index (χ2n) is 5.41. The van der Waals surface area contributed by atoms with Crippen molar-refractivity contribution >= 4 is 11.9 Å². The van der Waals surface area contributed by atoms with Crippen molar-refractivity contribution in [2.45, 2.75) is 6.61 Å². The van der Waals surface area contributed by atoms with Crippen molar-refractivity contribution in [3.05, 3.63) is 95.6 Å². The first-order valence-electron chi connectivity index (χ1n) is 7.89. The van der Waals surface area contributed by atoms with Crippen molar-refractivity contribution in [1.29, 1.82) is 5.26 Å². The van der Waals surface area contributed by atoms with Gasteiger partial charge in [0.05, 0.1) is 23.5 Å². The minimum atomic E-state index is 0.415. The Kier molecular flexibility index (Phi) is 5.42. The molecule has 0 fully saturated rings. The van der Waals surface area contributed by atoms with Gasteiger partial charge in [0.1, 0.15) is 12.4 Å². The summed E-state index contributed by atoms with van der Waals surface area (Å²) in [5.74, 6) is 0.756. The molecular weight excluding hydrogens is 310 g/mol. The highest BCUT2D eigenvalue weighted by Crippen LogP contribution is 2.15. The standard InChI is InChI=1S/C21H17N3O/c22-14-17-6-4-8-19(12-17)16-25-21-11-5-7-18(13-21)15-23-24-20-9-2-1-3-10-20/h1-13,15,24H,16H2. The SMILES string of the molecule is N#Cc1cccc(COc2cccc(C=NNc3ccccc3)c2)c1. The van der Waals surface area contributed by atoms with Crippen molar-refractivity contribution in [3.8, 4) is 11.8 Å². The molecule has 3 aromatic rings. The van der Waals surface area contributed by atoms with E-state index in [9.17, 15) is 0 Å². The van der Waals surface area contributed by atoms with E-state index >= 15 is 0 Å². The average Bonchev–Trinajstić information content (AvgIpc) is 2.68. The van der Waals surface area contributed by atoms with E-state index in [-0.39, 0.29) is 0 Å². The quantitative estimate of drug-likeness (QED) is 0.532. The molecule has 1 N–H and O–H groups in total. The van der Waals surface area contributed by atoms with E-state index in [0.29, 0.717) is 12.2 Å². The number of rotatable bonds is 6. The Morgan fingerprint density at radius 3 is 2.64 bits per heavy atom. The maximum atomic E-state index is 8.94. The molecule has 4 nitrogen and oxygen atoms in total. The van der Waals surface area contributed by atoms with Gasteiger partial charge in [0.2, 0.25) is 0 Å². The summed E-state index contributed by atoms with van der Waals surface area (Å²) in [5.41, 5.74) is 6.45. The number of hydrogen-bond acceptors (Lipinski definition) is 4. The predicted molar refractivity (Wildman–Crippen MR) is 99.6 cm³/mol. The largest absolute Gasteiger partial charge is 0.489 e. The van der Waals surface area contributed by atoms with Crippen molar-refractivity contribution in [1.82, 2.24) is 0 Å². The molecule has 0 spiro atoms. The van der Waals surface area contributed by atoms with Crippen LogP contribution in [0.3, 0.4) is 0 Å². The maximum absolute atomic E-state index is 8.94. The lowest BCUT2D eigenvalue weighted by Crippen LogP contribution is -1.96. The maximum Gasteiger partial charge on any atom is 0.120 e. The van der Waals surface area contributed by atoms with Gasteiger partial charge in [-0.05, 0) is 47.5 Å². The summed E-state index contributed by atoms with van der Waals surface area (Å²) in [7, 11) is 0. The molecule has 0 atom stereocenters. The average molecular weight is 327 g/mol. The van der Waals surface area contributed by atoms with Gasteiger partial charge in [-0.25, -0.2) is 0 Å². The van der Waals surface area contributed by atoms with E-state index in [0.717, 1.165) is 22.6 Å². The topological polar surface area (TPSA) is 57.4 Å². The first kappa shape index (κ1) is 16.3. The molecule has 0 aliphatic heterocycles. The van der Waals surface area contributed by atoms with Gasteiger partial charge in [-0.3, -0.25) is 5.43 Å². The third-order valence-corrected chi connectivity index (χ3v) is 3.50. The molecule has 4 heteroatoms. The molecule has 0 heterocycles. The summed E-state index contributed by atoms with van der Waals surface area (Å²) >= 11 is 0. The monoisotopic (exact) mass is 327 g/mol. The summed E-state index contributed by atoms with van der Waals surface area (Å²) in [6.07, 6.45) is 1.75. The lowest BCUT2D eigenvalue weighted by molar-refractivity contribution is 0.306. The van der Waals surface area contributed by atoms with Crippen LogP contribution in [0.1, 0.15) is 16.7 Å². The van der Waals surface area contributed by atoms with E-state index in [1.807, 2.05) is 72.8 Å². The summed E-state index contributed by atoms with van der Waals surface area (Å²) in [6, 6.07) is 27.0. The molecule has 0 aliphatic rings. The first-order chi connectivity index (χ1) is 12.3. The molecule has 0 amide bonds. The van der Waals surface area contributed by atoms with Crippen molar-refractivity contribution in [2.75, 3.05) is 5.43 Å². The van der Waals surface area contributed by atoms with Crippen LogP contribution >= 0.6 is 0 Å². The summed E-state index contributed by atoms with van der Waals surface area (Å²) < 4.78 is 5.81. The van der Waals surface area contributed by atoms with E-state index in [1.165, 1.54) is 0 Å². The third-order valence-electron chi connectivity index (χ3n) is 3.50. The van der Waals surface area contributed by atoms with Gasteiger partial charge in [0.15, 0.2) is 0 Å². The van der Waals surface area contributed by atoms with Crippen LogP contribution in [0.2, 0.25) is 0 Å². The van der Waals surface area contributed by atoms with Crippen LogP contribution in [0, 0.1) is 11.3 Å². The highest BCUT2D eigenvalue weighted by atomic mass is 16.5. The fourth-order valence-electron chi connectivity index (χ4n) is 2.28. The van der Waals surface area contributed by atoms with Crippen LogP contribution in [0.4, 0.5) is 5.69 Å². The molecule has 25 heavy (non-hydrogen) atoms. The number of anilines is 1. The molecule has 0 radical (unpaired) electrons. The summed E-state index contributed by atoms with van der Waals surface area (Å²) in [4.78, 5) is 0. The molecule has 3 rings (SSSR count). The van der Waals surface area contributed by atoms with Crippen LogP contribution < -0.4 is 10.2 Å². The van der Waals surface area contributed by atoms with Crippen LogP contribution in [-0.4, -0.2) is 6.21 Å². The number of hydrogen-bond donors (Lipinski definition) is 1. The third kappa shape index (κ3) is 4.95. The molecule has 0 unspecified atom stereocenters. The van der Waals surface area contributed by atoms with Gasteiger partial charge >= 0.3 is 0 Å². The van der Waals surface area contributed by atoms with Crippen LogP contribution in [-0.2, 0) is 6.61 Å². The van der Waals surface area contributed by atoms with Crippen LogP contribution in [0.5, 0.6) is 5.75 Å². The minimum absolute atomic E-state index is 0.415. The number of nitrogens with zero attached hydrogens (tertiary/aromatic N) is 2. The Hall–Kier alpha value is -3.58. The Morgan fingerprint density at radius 1 is 0.960 bits per heavy atom. The summed E-state index contributed by atoms with van der Waals surface area (Å²) in [5, 5.41) is 13.2. The zero-order valence-electron chi connectivity index (χ0n) is 13.6. The molecule has 0 saturated heterocycles. The molecule has 122 valence electrons. The lowest BCUT2D eigenvalue weighted by Gasteiger charge is -2.07. The van der Waals surface area contributed by atoms with Crippen molar-refractivity contribution in [2.24, 2.45) is 5.10 Å². The highest BCUT2D eigenvalue weighted by molar-refractivity contribution is 5.80. The van der Waals surface area contributed by atoms with E-state index < -0.39 is 0 Å². The van der Waals surface area contributed by atoms with E-state index in [4.69, 9.17) is 10.00 Å². The smallest absolute Gasteiger partial charge is 0.120 e. The molecular formula is C21H17N3O. The number of para-hydroxylation sites is 1. The van der Waals surface area contributed by atoms with E-state index in [2.05, 4.69) is 16.6 Å². The number of nitriles is 1. The fraction of sp³-hybridized carbons (Fsp3) is 0.0476. The fourth-order valence-corrected chi connectivity index (χ4v) is 2.28. The van der Waals surface area contributed by atoms with Gasteiger partial charge in [-0.2, -0.15) is 10.4 Å². The summed E-state index contributed by atoms with van der Waals surface area (Å²) in [6.45, 7) is 0.415. The van der Waals surface area contributed by atoms with Crippen LogP contribution in [0.25, 0.3) is 0 Å². The Labute approximate surface area is 147 Å². The highest BCUT2D eigenvalue weighted by Gasteiger charge is 1.99. The van der Waals surface area contributed by atoms with E-state index in [1.54, 1.807) is 12.3 Å². The van der Waals surface area contributed by atoms with Crippen molar-refractivity contribution in [3.63, 3.8) is 0 Å². The zero-order valence-corrected chi connectivity index (χ0v) is 13.6. The van der Waals surface area contributed by atoms with Gasteiger partial charge < -0.3 is 4.74 Å². The zero-order chi connectivity index (χ0) is 17.3. The Bertz CT molecular complexity index is 898. The van der Waals surface area contributed by atoms with Gasteiger partial charge in [0, 0.05) is 0 Å². The second kappa shape index (κ2) is 8.32. The van der Waals surface area contributed by atoms with Crippen LogP contribution in [0.15, 0.2) is 84.0 Å². The normalized spacial score (nSPS) is 10.4. The van der Waals surface area contributed by atoms with Gasteiger partial charge in [-0.15, -0.1) is 0 Å². The molecule has 0 bridgehead atoms. The van der Waals surface area contributed by atoms with Gasteiger partial charge in [0.25, 0.3) is 0 Å². The first-order valence-corrected chi connectivity index (χ1v) is 7.89. The molecule has 0 aliphatic carbocycles. The molecule has 0 saturated carbocycles. The molecule has 0 aromatic heterocycles. The van der Waals surface area contributed by atoms with Crippen molar-refractivity contribution < 1.29 is 4.74 Å². The number of benzene rings is 3. The number of nitrogens with one attached hydrogen (secondary N) is 1. The number of ether oxygens (including phenoxy) is 1. The molecule has 3 aromatic carbocycles. The minimum Gasteiger partial charge on any atom is -0.489 e.